The Balaban J connectivity index is 2.34. The molecule has 1 atom stereocenters. The maximum Gasteiger partial charge on any atom is 0.142 e. The zero-order chi connectivity index (χ0) is 14.7. The lowest BCUT2D eigenvalue weighted by molar-refractivity contribution is 0.502. The highest BCUT2D eigenvalue weighted by Crippen LogP contribution is 2.27. The highest BCUT2D eigenvalue weighted by molar-refractivity contribution is 6.31. The molecule has 7 heteroatoms. The molecular weight excluding hydrogens is 307 g/mol. The highest BCUT2D eigenvalue weighted by atomic mass is 35.5. The molecule has 1 aromatic heterocycles. The molecule has 0 radical (unpaired) electrons. The summed E-state index contributed by atoms with van der Waals surface area (Å²) in [6.07, 6.45) is 3.33. The molecule has 0 bridgehead atoms. The molecule has 106 valence electrons. The number of nitrogens with zero attached hydrogens (tertiary/aromatic N) is 1. The van der Waals surface area contributed by atoms with Crippen molar-refractivity contribution in [1.29, 1.82) is 0 Å². The number of halogens is 4. The van der Waals surface area contributed by atoms with Crippen molar-refractivity contribution in [2.24, 2.45) is 5.84 Å². The van der Waals surface area contributed by atoms with E-state index in [4.69, 9.17) is 29.0 Å². The van der Waals surface area contributed by atoms with Gasteiger partial charge < -0.3 is 0 Å². The minimum absolute atomic E-state index is 0.0854. The van der Waals surface area contributed by atoms with Crippen molar-refractivity contribution in [1.82, 2.24) is 10.4 Å². The summed E-state index contributed by atoms with van der Waals surface area (Å²) in [5.41, 5.74) is 3.26. The predicted octanol–water partition coefficient (Wildman–Crippen LogP) is 3.41. The minimum Gasteiger partial charge on any atom is -0.271 e. The van der Waals surface area contributed by atoms with Gasteiger partial charge in [0.1, 0.15) is 11.6 Å². The average molecular weight is 318 g/mol. The standard InChI is InChI=1S/C13H11Cl2F2N3/c14-9-5-11(16)8(4-12(9)17)13(20-18)3-7-1-2-19-6-10(7)15/h1-2,4-6,13,20H,3,18H2. The molecule has 2 rings (SSSR count). The van der Waals surface area contributed by atoms with Crippen LogP contribution in [0.4, 0.5) is 8.78 Å². The monoisotopic (exact) mass is 317 g/mol. The Labute approximate surface area is 124 Å². The van der Waals surface area contributed by atoms with Crippen LogP contribution in [0.3, 0.4) is 0 Å². The van der Waals surface area contributed by atoms with E-state index in [9.17, 15) is 8.78 Å². The van der Waals surface area contributed by atoms with Gasteiger partial charge in [0.05, 0.1) is 16.1 Å². The molecule has 20 heavy (non-hydrogen) atoms. The van der Waals surface area contributed by atoms with E-state index in [1.54, 1.807) is 12.3 Å². The smallest absolute Gasteiger partial charge is 0.142 e. The second-order valence-electron chi connectivity index (χ2n) is 4.18. The Morgan fingerprint density at radius 1 is 1.20 bits per heavy atom. The van der Waals surface area contributed by atoms with Crippen LogP contribution >= 0.6 is 23.2 Å². The molecule has 3 nitrogen and oxygen atoms in total. The Hall–Kier alpha value is -1.27. The molecule has 0 saturated heterocycles. The lowest BCUT2D eigenvalue weighted by atomic mass is 9.99. The summed E-state index contributed by atoms with van der Waals surface area (Å²) < 4.78 is 27.3. The van der Waals surface area contributed by atoms with Crippen LogP contribution in [-0.4, -0.2) is 4.98 Å². The summed E-state index contributed by atoms with van der Waals surface area (Å²) in [5, 5.41) is 0.159. The van der Waals surface area contributed by atoms with Gasteiger partial charge in [-0.05, 0) is 30.2 Å². The first-order chi connectivity index (χ1) is 9.52. The average Bonchev–Trinajstić information content (AvgIpc) is 2.42. The van der Waals surface area contributed by atoms with Gasteiger partial charge in [-0.1, -0.05) is 23.2 Å². The van der Waals surface area contributed by atoms with Gasteiger partial charge >= 0.3 is 0 Å². The molecule has 0 amide bonds. The Bertz CT molecular complexity index is 623. The van der Waals surface area contributed by atoms with Crippen LogP contribution < -0.4 is 11.3 Å². The maximum absolute atomic E-state index is 13.9. The molecule has 2 aromatic rings. The zero-order valence-corrected chi connectivity index (χ0v) is 11.7. The summed E-state index contributed by atoms with van der Waals surface area (Å²) in [4.78, 5) is 3.86. The third kappa shape index (κ3) is 3.24. The van der Waals surface area contributed by atoms with Gasteiger partial charge in [0, 0.05) is 18.0 Å². The van der Waals surface area contributed by atoms with E-state index in [0.717, 1.165) is 17.7 Å². The Morgan fingerprint density at radius 2 is 1.95 bits per heavy atom. The van der Waals surface area contributed by atoms with Crippen molar-refractivity contribution >= 4 is 23.2 Å². The molecule has 0 spiro atoms. The van der Waals surface area contributed by atoms with E-state index in [0.29, 0.717) is 5.02 Å². The third-order valence-corrected chi connectivity index (χ3v) is 3.53. The molecule has 0 aliphatic carbocycles. The van der Waals surface area contributed by atoms with Gasteiger partial charge in [-0.25, -0.2) is 8.78 Å². The van der Waals surface area contributed by atoms with E-state index in [1.807, 2.05) is 0 Å². The first-order valence-electron chi connectivity index (χ1n) is 5.72. The highest BCUT2D eigenvalue weighted by Gasteiger charge is 2.19. The first-order valence-corrected chi connectivity index (χ1v) is 6.47. The number of pyridine rings is 1. The largest absolute Gasteiger partial charge is 0.271 e. The van der Waals surface area contributed by atoms with Gasteiger partial charge in [-0.3, -0.25) is 16.3 Å². The Kier molecular flexibility index (Phi) is 4.88. The van der Waals surface area contributed by atoms with Crippen LogP contribution in [-0.2, 0) is 6.42 Å². The number of hydrazine groups is 1. The van der Waals surface area contributed by atoms with Crippen LogP contribution in [0.1, 0.15) is 17.2 Å². The van der Waals surface area contributed by atoms with Crippen LogP contribution in [0.2, 0.25) is 10.0 Å². The Morgan fingerprint density at radius 3 is 2.60 bits per heavy atom. The number of benzene rings is 1. The van der Waals surface area contributed by atoms with E-state index in [1.165, 1.54) is 6.20 Å². The van der Waals surface area contributed by atoms with Crippen LogP contribution in [0.15, 0.2) is 30.6 Å². The van der Waals surface area contributed by atoms with Crippen LogP contribution in [0.5, 0.6) is 0 Å². The van der Waals surface area contributed by atoms with Crippen molar-refractivity contribution in [2.45, 2.75) is 12.5 Å². The summed E-state index contributed by atoms with van der Waals surface area (Å²) in [5.74, 6) is 4.09. The van der Waals surface area contributed by atoms with Crippen molar-refractivity contribution in [3.63, 3.8) is 0 Å². The number of nitrogens with one attached hydrogen (secondary N) is 1. The van der Waals surface area contributed by atoms with Crippen molar-refractivity contribution < 1.29 is 8.78 Å². The van der Waals surface area contributed by atoms with Gasteiger partial charge in [-0.15, -0.1) is 0 Å². The van der Waals surface area contributed by atoms with Crippen molar-refractivity contribution in [3.8, 4) is 0 Å². The lowest BCUT2D eigenvalue weighted by Crippen LogP contribution is -2.30. The lowest BCUT2D eigenvalue weighted by Gasteiger charge is -2.18. The van der Waals surface area contributed by atoms with E-state index in [-0.39, 0.29) is 17.0 Å². The van der Waals surface area contributed by atoms with Crippen LogP contribution in [0.25, 0.3) is 0 Å². The molecule has 3 N–H and O–H groups in total. The summed E-state index contributed by atoms with van der Waals surface area (Å²) in [6.45, 7) is 0. The number of nitrogens with two attached hydrogens (primary N) is 1. The molecule has 1 aromatic carbocycles. The molecular formula is C13H11Cl2F2N3. The van der Waals surface area contributed by atoms with Crippen molar-refractivity contribution in [2.75, 3.05) is 0 Å². The molecule has 1 unspecified atom stereocenters. The maximum atomic E-state index is 13.9. The zero-order valence-electron chi connectivity index (χ0n) is 10.2. The topological polar surface area (TPSA) is 50.9 Å². The number of hydrogen-bond acceptors (Lipinski definition) is 3. The summed E-state index contributed by atoms with van der Waals surface area (Å²) in [7, 11) is 0. The van der Waals surface area contributed by atoms with Crippen LogP contribution in [0, 0.1) is 11.6 Å². The summed E-state index contributed by atoms with van der Waals surface area (Å²) in [6, 6.07) is 3.00. The predicted molar refractivity (Wildman–Crippen MR) is 74.4 cm³/mol. The normalized spacial score (nSPS) is 12.4. The van der Waals surface area contributed by atoms with Gasteiger partial charge in [0.25, 0.3) is 0 Å². The quantitative estimate of drug-likeness (QED) is 0.516. The van der Waals surface area contributed by atoms with Gasteiger partial charge in [0.2, 0.25) is 0 Å². The second kappa shape index (κ2) is 6.45. The fraction of sp³-hybridized carbons (Fsp3) is 0.154. The van der Waals surface area contributed by atoms with E-state index in [2.05, 4.69) is 10.4 Å². The number of rotatable bonds is 4. The van der Waals surface area contributed by atoms with Gasteiger partial charge in [0.15, 0.2) is 0 Å². The third-order valence-electron chi connectivity index (χ3n) is 2.90. The second-order valence-corrected chi connectivity index (χ2v) is 4.99. The number of aromatic nitrogens is 1. The first kappa shape index (κ1) is 15.1. The molecule has 0 fully saturated rings. The fourth-order valence-electron chi connectivity index (χ4n) is 1.85. The van der Waals surface area contributed by atoms with Gasteiger partial charge in [-0.2, -0.15) is 0 Å². The van der Waals surface area contributed by atoms with E-state index >= 15 is 0 Å². The summed E-state index contributed by atoms with van der Waals surface area (Å²) >= 11 is 11.5. The molecule has 0 saturated carbocycles. The van der Waals surface area contributed by atoms with E-state index < -0.39 is 17.7 Å². The molecule has 0 aliphatic rings. The molecule has 0 aliphatic heterocycles. The minimum atomic E-state index is -0.704. The fourth-order valence-corrected chi connectivity index (χ4v) is 2.20. The molecule has 1 heterocycles. The van der Waals surface area contributed by atoms with Crippen molar-refractivity contribution in [3.05, 3.63) is 63.4 Å². The number of hydrogen-bond donors (Lipinski definition) is 2. The SMILES string of the molecule is NNC(Cc1ccncc1Cl)c1cc(F)c(Cl)cc1F.